The second-order valence-corrected chi connectivity index (χ2v) is 5.56. The number of amides is 1. The van der Waals surface area contributed by atoms with Crippen LogP contribution in [0.4, 0.5) is 5.69 Å². The summed E-state index contributed by atoms with van der Waals surface area (Å²) in [6.07, 6.45) is 2.24. The number of ether oxygens (including phenoxy) is 1. The number of aryl methyl sites for hydroxylation is 1. The standard InChI is InChI=1S/C14H20N4O5/c1-9-13(18(21)22)10(2)17(15-9)8-12(19)16-7-5-4-6-11(16)14(20)23-3/h11H,4-8H2,1-3H3. The van der Waals surface area contributed by atoms with Crippen LogP contribution in [0.2, 0.25) is 0 Å². The fourth-order valence-corrected chi connectivity index (χ4v) is 2.94. The Morgan fingerprint density at radius 1 is 1.39 bits per heavy atom. The molecule has 1 saturated heterocycles. The quantitative estimate of drug-likeness (QED) is 0.464. The summed E-state index contributed by atoms with van der Waals surface area (Å²) in [5.41, 5.74) is 0.511. The zero-order chi connectivity index (χ0) is 17.1. The Hall–Kier alpha value is -2.45. The molecule has 1 aromatic rings. The van der Waals surface area contributed by atoms with E-state index in [2.05, 4.69) is 5.10 Å². The smallest absolute Gasteiger partial charge is 0.328 e. The number of nitrogens with zero attached hydrogens (tertiary/aromatic N) is 4. The van der Waals surface area contributed by atoms with Gasteiger partial charge in [-0.2, -0.15) is 5.10 Å². The Kier molecular flexibility index (Phi) is 4.97. The fraction of sp³-hybridized carbons (Fsp3) is 0.643. The van der Waals surface area contributed by atoms with Crippen LogP contribution in [0.25, 0.3) is 0 Å². The first-order valence-electron chi connectivity index (χ1n) is 7.42. The summed E-state index contributed by atoms with van der Waals surface area (Å²) >= 11 is 0. The summed E-state index contributed by atoms with van der Waals surface area (Å²) in [5.74, 6) is -0.724. The van der Waals surface area contributed by atoms with Gasteiger partial charge >= 0.3 is 11.7 Å². The third-order valence-electron chi connectivity index (χ3n) is 4.11. The maximum atomic E-state index is 12.5. The molecule has 0 saturated carbocycles. The highest BCUT2D eigenvalue weighted by atomic mass is 16.6. The van der Waals surface area contributed by atoms with Gasteiger partial charge in [-0.25, -0.2) is 4.79 Å². The molecule has 1 amide bonds. The van der Waals surface area contributed by atoms with Gasteiger partial charge in [0, 0.05) is 6.54 Å². The average Bonchev–Trinajstić information content (AvgIpc) is 2.80. The van der Waals surface area contributed by atoms with Crippen molar-refractivity contribution in [3.63, 3.8) is 0 Å². The molecule has 1 unspecified atom stereocenters. The summed E-state index contributed by atoms with van der Waals surface area (Å²) in [5, 5.41) is 15.1. The Morgan fingerprint density at radius 3 is 2.65 bits per heavy atom. The molecule has 0 radical (unpaired) electrons. The number of rotatable bonds is 4. The molecule has 0 N–H and O–H groups in total. The summed E-state index contributed by atoms with van der Waals surface area (Å²) in [6, 6.07) is -0.590. The minimum atomic E-state index is -0.590. The molecule has 0 aliphatic carbocycles. The minimum absolute atomic E-state index is 0.0824. The Balaban J connectivity index is 2.19. The van der Waals surface area contributed by atoms with Crippen LogP contribution in [-0.2, 0) is 20.9 Å². The van der Waals surface area contributed by atoms with Gasteiger partial charge in [0.2, 0.25) is 5.91 Å². The summed E-state index contributed by atoms with van der Waals surface area (Å²) in [4.78, 5) is 36.3. The van der Waals surface area contributed by atoms with Crippen molar-refractivity contribution in [2.45, 2.75) is 45.7 Å². The molecule has 1 fully saturated rings. The number of methoxy groups -OCH3 is 1. The van der Waals surface area contributed by atoms with Crippen LogP contribution in [0, 0.1) is 24.0 Å². The molecule has 0 aromatic carbocycles. The molecule has 126 valence electrons. The van der Waals surface area contributed by atoms with E-state index in [9.17, 15) is 19.7 Å². The molecule has 0 spiro atoms. The summed E-state index contributed by atoms with van der Waals surface area (Å²) in [7, 11) is 1.30. The molecule has 1 aliphatic rings. The lowest BCUT2D eigenvalue weighted by Gasteiger charge is -2.33. The zero-order valence-corrected chi connectivity index (χ0v) is 13.4. The number of likely N-dealkylation sites (tertiary alicyclic amines) is 1. The van der Waals surface area contributed by atoms with Crippen molar-refractivity contribution in [3.05, 3.63) is 21.5 Å². The van der Waals surface area contributed by atoms with Crippen molar-refractivity contribution in [2.75, 3.05) is 13.7 Å². The zero-order valence-electron chi connectivity index (χ0n) is 13.4. The SMILES string of the molecule is COC(=O)C1CCCCN1C(=O)Cn1nc(C)c([N+](=O)[O-])c1C. The van der Waals surface area contributed by atoms with Gasteiger partial charge in [0.15, 0.2) is 0 Å². The van der Waals surface area contributed by atoms with Gasteiger partial charge in [0.25, 0.3) is 0 Å². The van der Waals surface area contributed by atoms with E-state index >= 15 is 0 Å². The van der Waals surface area contributed by atoms with Crippen LogP contribution in [0.1, 0.15) is 30.7 Å². The molecular weight excluding hydrogens is 304 g/mol. The first-order valence-corrected chi connectivity index (χ1v) is 7.42. The van der Waals surface area contributed by atoms with Crippen LogP contribution in [0.5, 0.6) is 0 Å². The topological polar surface area (TPSA) is 108 Å². The van der Waals surface area contributed by atoms with Crippen molar-refractivity contribution in [3.8, 4) is 0 Å². The third-order valence-corrected chi connectivity index (χ3v) is 4.11. The second kappa shape index (κ2) is 6.76. The number of nitro groups is 1. The molecule has 2 heterocycles. The molecule has 2 rings (SSSR count). The average molecular weight is 324 g/mol. The van der Waals surface area contributed by atoms with Gasteiger partial charge in [-0.3, -0.25) is 19.6 Å². The van der Waals surface area contributed by atoms with Crippen molar-refractivity contribution in [2.24, 2.45) is 0 Å². The number of hydrogen-bond acceptors (Lipinski definition) is 6. The highest BCUT2D eigenvalue weighted by Crippen LogP contribution is 2.23. The largest absolute Gasteiger partial charge is 0.467 e. The lowest BCUT2D eigenvalue weighted by Crippen LogP contribution is -2.49. The highest BCUT2D eigenvalue weighted by molar-refractivity contribution is 5.84. The Bertz CT molecular complexity index is 639. The van der Waals surface area contributed by atoms with Gasteiger partial charge in [0.05, 0.1) is 12.0 Å². The van der Waals surface area contributed by atoms with Crippen molar-refractivity contribution in [1.82, 2.24) is 14.7 Å². The molecular formula is C14H20N4O5. The van der Waals surface area contributed by atoms with Crippen LogP contribution in [0.3, 0.4) is 0 Å². The number of aromatic nitrogens is 2. The summed E-state index contributed by atoms with van der Waals surface area (Å²) in [6.45, 7) is 3.43. The minimum Gasteiger partial charge on any atom is -0.467 e. The van der Waals surface area contributed by atoms with Crippen LogP contribution >= 0.6 is 0 Å². The van der Waals surface area contributed by atoms with Gasteiger partial charge in [0.1, 0.15) is 24.0 Å². The van der Waals surface area contributed by atoms with E-state index in [-0.39, 0.29) is 23.8 Å². The lowest BCUT2D eigenvalue weighted by molar-refractivity contribution is -0.386. The van der Waals surface area contributed by atoms with E-state index in [1.54, 1.807) is 6.92 Å². The first kappa shape index (κ1) is 16.9. The molecule has 1 atom stereocenters. The van der Waals surface area contributed by atoms with Crippen LogP contribution in [-0.4, -0.2) is 51.2 Å². The van der Waals surface area contributed by atoms with E-state index in [0.717, 1.165) is 12.8 Å². The van der Waals surface area contributed by atoms with Crippen LogP contribution < -0.4 is 0 Å². The molecule has 0 bridgehead atoms. The normalized spacial score (nSPS) is 17.9. The maximum absolute atomic E-state index is 12.5. The third kappa shape index (κ3) is 3.33. The fourth-order valence-electron chi connectivity index (χ4n) is 2.94. The lowest BCUT2D eigenvalue weighted by atomic mass is 10.0. The van der Waals surface area contributed by atoms with Crippen molar-refractivity contribution < 1.29 is 19.2 Å². The van der Waals surface area contributed by atoms with E-state index in [1.807, 2.05) is 0 Å². The molecule has 1 aromatic heterocycles. The molecule has 9 heteroatoms. The van der Waals surface area contributed by atoms with Gasteiger partial charge in [-0.15, -0.1) is 0 Å². The number of piperidine rings is 1. The number of carbonyl (C=O) groups excluding carboxylic acids is 2. The highest BCUT2D eigenvalue weighted by Gasteiger charge is 2.33. The van der Waals surface area contributed by atoms with Crippen molar-refractivity contribution in [1.29, 1.82) is 0 Å². The van der Waals surface area contributed by atoms with Crippen LogP contribution in [0.15, 0.2) is 0 Å². The van der Waals surface area contributed by atoms with E-state index < -0.39 is 16.9 Å². The number of hydrogen-bond donors (Lipinski definition) is 0. The predicted octanol–water partition coefficient (Wildman–Crippen LogP) is 0.962. The summed E-state index contributed by atoms with van der Waals surface area (Å²) < 4.78 is 6.07. The Morgan fingerprint density at radius 2 is 2.09 bits per heavy atom. The monoisotopic (exact) mass is 324 g/mol. The Labute approximate surface area is 133 Å². The number of esters is 1. The maximum Gasteiger partial charge on any atom is 0.328 e. The van der Waals surface area contributed by atoms with Gasteiger partial charge in [-0.05, 0) is 33.1 Å². The predicted molar refractivity (Wildman–Crippen MR) is 79.7 cm³/mol. The number of carbonyl (C=O) groups is 2. The van der Waals surface area contributed by atoms with E-state index in [4.69, 9.17) is 4.74 Å². The molecule has 1 aliphatic heterocycles. The van der Waals surface area contributed by atoms with E-state index in [0.29, 0.717) is 18.7 Å². The van der Waals surface area contributed by atoms with E-state index in [1.165, 1.54) is 23.6 Å². The van der Waals surface area contributed by atoms with Gasteiger partial charge < -0.3 is 9.64 Å². The second-order valence-electron chi connectivity index (χ2n) is 5.56. The first-order chi connectivity index (χ1) is 10.9. The van der Waals surface area contributed by atoms with Crippen molar-refractivity contribution >= 4 is 17.6 Å². The molecule has 9 nitrogen and oxygen atoms in total. The van der Waals surface area contributed by atoms with Gasteiger partial charge in [-0.1, -0.05) is 0 Å². The molecule has 23 heavy (non-hydrogen) atoms.